The van der Waals surface area contributed by atoms with Crippen molar-refractivity contribution in [3.8, 4) is 0 Å². The molecular formula is C37H37Cl2NZr-2. The molecule has 0 radical (unpaired) electrons. The van der Waals surface area contributed by atoms with E-state index in [4.69, 9.17) is 0 Å². The van der Waals surface area contributed by atoms with Crippen LogP contribution in [0.4, 0.5) is 5.69 Å². The normalized spacial score (nSPS) is 11.3. The molecule has 6 rings (SSSR count). The first-order valence-electron chi connectivity index (χ1n) is 13.7. The molecule has 0 aliphatic heterocycles. The Morgan fingerprint density at radius 3 is 1.73 bits per heavy atom. The predicted octanol–water partition coefficient (Wildman–Crippen LogP) is 3.45. The van der Waals surface area contributed by atoms with Crippen LogP contribution < -0.4 is 29.7 Å². The zero-order valence-electron chi connectivity index (χ0n) is 24.2. The van der Waals surface area contributed by atoms with Gasteiger partial charge in [-0.2, -0.15) is 6.08 Å². The number of anilines is 1. The first kappa shape index (κ1) is 34.6. The van der Waals surface area contributed by atoms with Gasteiger partial charge in [-0.25, -0.2) is 12.2 Å². The Bertz CT molecular complexity index is 1490. The van der Waals surface area contributed by atoms with Gasteiger partial charge in [0.15, 0.2) is 0 Å². The van der Waals surface area contributed by atoms with Gasteiger partial charge < -0.3 is 29.7 Å². The Labute approximate surface area is 273 Å². The summed E-state index contributed by atoms with van der Waals surface area (Å²) in [6.45, 7) is 9.02. The van der Waals surface area contributed by atoms with Crippen molar-refractivity contribution in [1.29, 1.82) is 0 Å². The van der Waals surface area contributed by atoms with E-state index in [1.807, 2.05) is 12.2 Å². The second-order valence-corrected chi connectivity index (χ2v) is 11.4. The number of hydrogen-bond acceptors (Lipinski definition) is 1. The van der Waals surface area contributed by atoms with E-state index >= 15 is 0 Å². The summed E-state index contributed by atoms with van der Waals surface area (Å²) in [5, 5.41) is 5.39. The van der Waals surface area contributed by atoms with Gasteiger partial charge >= 0.3 is 99.2 Å². The maximum absolute atomic E-state index is 2.99. The van der Waals surface area contributed by atoms with Crippen molar-refractivity contribution >= 4 is 30.4 Å². The molecule has 5 aromatic carbocycles. The Kier molecular flexibility index (Phi) is 14.6. The molecule has 5 aromatic rings. The molecule has 1 aliphatic carbocycles. The molecule has 0 saturated carbocycles. The van der Waals surface area contributed by atoms with Crippen molar-refractivity contribution in [2.45, 2.75) is 46.2 Å². The van der Waals surface area contributed by atoms with Gasteiger partial charge in [-0.3, -0.25) is 6.08 Å². The standard InChI is InChI=1S/C19H22N.C13H10.C5H5.2ClH.Zr/c1-13(2)20(14(3)4)17-9-10-19-16(12-17)11-15-7-5-6-8-18(15)19;1-3-7-12(8-4-1)11-13-9-5-2-6-10-13;1-2-4-5-3-1;;;/h5-14H,1-4H3;1-10H;1-3H,4H2;2*1H;/q-1;;-1;;;+2/p-2. The molecular weight excluding hydrogens is 621 g/mol. The molecule has 4 heteroatoms. The van der Waals surface area contributed by atoms with E-state index in [2.05, 4.69) is 154 Å². The van der Waals surface area contributed by atoms with Gasteiger partial charge in [0, 0.05) is 17.8 Å². The number of nitrogens with zero attached hydrogens (tertiary/aromatic N) is 1. The molecule has 0 fully saturated rings. The van der Waals surface area contributed by atoms with Crippen LogP contribution in [0.3, 0.4) is 0 Å². The van der Waals surface area contributed by atoms with Crippen molar-refractivity contribution < 1.29 is 49.0 Å². The minimum absolute atomic E-state index is 0. The summed E-state index contributed by atoms with van der Waals surface area (Å²) in [6.07, 6.45) is 10.0. The third-order valence-electron chi connectivity index (χ3n) is 6.72. The van der Waals surface area contributed by atoms with Gasteiger partial charge in [-0.15, -0.1) is 40.1 Å². The fourth-order valence-electron chi connectivity index (χ4n) is 5.02. The molecule has 41 heavy (non-hydrogen) atoms. The summed E-state index contributed by atoms with van der Waals surface area (Å²) >= 11 is 1.46. The van der Waals surface area contributed by atoms with Gasteiger partial charge in [0.05, 0.1) is 0 Å². The van der Waals surface area contributed by atoms with Crippen molar-refractivity contribution in [3.05, 3.63) is 145 Å². The van der Waals surface area contributed by atoms with Crippen molar-refractivity contribution in [2.24, 2.45) is 0 Å². The van der Waals surface area contributed by atoms with Crippen LogP contribution in [0.5, 0.6) is 0 Å². The van der Waals surface area contributed by atoms with Crippen molar-refractivity contribution in [2.75, 3.05) is 4.90 Å². The number of fused-ring (bicyclic) bond motifs is 3. The molecule has 0 unspecified atom stereocenters. The summed E-state index contributed by atoms with van der Waals surface area (Å²) in [4.78, 5) is 2.47. The topological polar surface area (TPSA) is 3.24 Å². The Morgan fingerprint density at radius 1 is 0.707 bits per heavy atom. The first-order chi connectivity index (χ1) is 19.0. The number of halogens is 2. The molecule has 0 amide bonds. The summed E-state index contributed by atoms with van der Waals surface area (Å²) in [5.74, 6) is 0. The maximum atomic E-state index is 2.99. The quantitative estimate of drug-likeness (QED) is 0.262. The molecule has 0 aromatic heterocycles. The van der Waals surface area contributed by atoms with Crippen LogP contribution in [0.2, 0.25) is 0 Å². The first-order valence-corrected chi connectivity index (χ1v) is 15.0. The van der Waals surface area contributed by atoms with E-state index in [0.717, 1.165) is 6.42 Å². The molecule has 0 N–H and O–H groups in total. The van der Waals surface area contributed by atoms with Gasteiger partial charge in [0.25, 0.3) is 0 Å². The zero-order chi connectivity index (χ0) is 27.6. The summed E-state index contributed by atoms with van der Waals surface area (Å²) in [7, 11) is 0. The van der Waals surface area contributed by atoms with Crippen LogP contribution in [0.15, 0.2) is 127 Å². The third-order valence-corrected chi connectivity index (χ3v) is 8.14. The third kappa shape index (κ3) is 9.44. The summed E-state index contributed by atoms with van der Waals surface area (Å²) < 4.78 is 1.42. The average Bonchev–Trinajstić information content (AvgIpc) is 3.65. The molecule has 0 saturated heterocycles. The molecule has 0 bridgehead atoms. The fourth-order valence-corrected chi connectivity index (χ4v) is 5.84. The number of rotatable bonds is 5. The molecule has 0 spiro atoms. The van der Waals surface area contributed by atoms with Crippen molar-refractivity contribution in [1.82, 2.24) is 0 Å². The van der Waals surface area contributed by atoms with E-state index in [1.165, 1.54) is 65.8 Å². The second-order valence-electron chi connectivity index (χ2n) is 10.2. The van der Waals surface area contributed by atoms with Gasteiger partial charge in [-0.05, 0) is 27.7 Å². The number of benzene rings is 4. The minimum atomic E-state index is 0. The Morgan fingerprint density at radius 2 is 1.24 bits per heavy atom. The molecule has 1 nitrogen and oxygen atoms in total. The number of hydrogen-bond donors (Lipinski definition) is 0. The molecule has 0 heterocycles. The van der Waals surface area contributed by atoms with Crippen LogP contribution in [0.1, 0.15) is 45.2 Å². The van der Waals surface area contributed by atoms with Crippen LogP contribution in [0, 0.1) is 6.08 Å². The SMILES string of the molecule is CC(C)N(c1ccc2c(c1)[cH-]c1ccccc12)C(C)C.[C-]1=CC=CC1.[Cl-].[Cl-].[Zr+2]=[C](c1ccccc1)c1ccccc1. The van der Waals surface area contributed by atoms with E-state index in [0.29, 0.717) is 12.1 Å². The van der Waals surface area contributed by atoms with Gasteiger partial charge in [-0.1, -0.05) is 36.4 Å². The Balaban J connectivity index is 0.000000244. The predicted molar refractivity (Wildman–Crippen MR) is 167 cm³/mol. The number of allylic oxidation sites excluding steroid dienone is 4. The summed E-state index contributed by atoms with van der Waals surface area (Å²) in [6, 6.07) is 39.9. The van der Waals surface area contributed by atoms with Gasteiger partial charge in [0.2, 0.25) is 0 Å². The Hall–Kier alpha value is -2.64. The van der Waals surface area contributed by atoms with Crippen LogP contribution >= 0.6 is 0 Å². The summed E-state index contributed by atoms with van der Waals surface area (Å²) in [5.41, 5.74) is 3.98. The van der Waals surface area contributed by atoms with Crippen LogP contribution in [0.25, 0.3) is 21.5 Å². The van der Waals surface area contributed by atoms with E-state index < -0.39 is 0 Å². The van der Waals surface area contributed by atoms with E-state index in [-0.39, 0.29) is 24.8 Å². The van der Waals surface area contributed by atoms with E-state index in [9.17, 15) is 0 Å². The zero-order valence-corrected chi connectivity index (χ0v) is 28.2. The van der Waals surface area contributed by atoms with Crippen molar-refractivity contribution in [3.63, 3.8) is 0 Å². The molecule has 0 atom stereocenters. The fraction of sp³-hybridized carbons (Fsp3) is 0.189. The monoisotopic (exact) mass is 655 g/mol. The van der Waals surface area contributed by atoms with Gasteiger partial charge in [0.1, 0.15) is 0 Å². The van der Waals surface area contributed by atoms with Crippen LogP contribution in [-0.2, 0) is 24.2 Å². The second kappa shape index (κ2) is 17.3. The average molecular weight is 658 g/mol. The van der Waals surface area contributed by atoms with E-state index in [1.54, 1.807) is 0 Å². The van der Waals surface area contributed by atoms with Crippen LogP contribution in [-0.4, -0.2) is 15.3 Å². The molecule has 1 aliphatic rings. The molecule has 210 valence electrons.